The highest BCUT2D eigenvalue weighted by molar-refractivity contribution is 6.36. The minimum absolute atomic E-state index is 0.0483. The third-order valence-electron chi connectivity index (χ3n) is 1.93. The second-order valence-corrected chi connectivity index (χ2v) is 4.09. The van der Waals surface area contributed by atoms with Gasteiger partial charge in [-0.1, -0.05) is 23.2 Å². The first-order valence-corrected chi connectivity index (χ1v) is 5.99. The molecule has 5 nitrogen and oxygen atoms in total. The van der Waals surface area contributed by atoms with Crippen LogP contribution in [0.15, 0.2) is 12.1 Å². The molecule has 0 fully saturated rings. The minimum Gasteiger partial charge on any atom is -0.504 e. The normalized spacial score (nSPS) is 10.2. The fourth-order valence-corrected chi connectivity index (χ4v) is 1.64. The summed E-state index contributed by atoms with van der Waals surface area (Å²) in [4.78, 5) is 11.4. The fraction of sp³-hybridized carbons (Fsp3) is 0.364. The Morgan fingerprint density at radius 3 is 2.78 bits per heavy atom. The van der Waals surface area contributed by atoms with Crippen molar-refractivity contribution >= 4 is 35.0 Å². The maximum Gasteiger partial charge on any atom is 0.411 e. The Hall–Kier alpha value is -1.17. The maximum atomic E-state index is 11.4. The van der Waals surface area contributed by atoms with Crippen molar-refractivity contribution < 1.29 is 19.4 Å². The molecule has 1 amide bonds. The molecule has 0 unspecified atom stereocenters. The lowest BCUT2D eigenvalue weighted by atomic mass is 10.3. The zero-order chi connectivity index (χ0) is 13.5. The summed E-state index contributed by atoms with van der Waals surface area (Å²) in [5.74, 6) is -0.261. The largest absolute Gasteiger partial charge is 0.504 e. The summed E-state index contributed by atoms with van der Waals surface area (Å²) in [7, 11) is 0. The minimum atomic E-state index is -0.719. The van der Waals surface area contributed by atoms with E-state index in [1.165, 1.54) is 12.1 Å². The molecular weight excluding hydrogens is 281 g/mol. The van der Waals surface area contributed by atoms with Crippen molar-refractivity contribution in [2.75, 3.05) is 25.1 Å². The van der Waals surface area contributed by atoms with Crippen molar-refractivity contribution in [3.05, 3.63) is 22.2 Å². The van der Waals surface area contributed by atoms with E-state index < -0.39 is 6.09 Å². The third kappa shape index (κ3) is 4.60. The molecule has 1 aromatic rings. The zero-order valence-electron chi connectivity index (χ0n) is 9.70. The Morgan fingerprint density at radius 1 is 1.39 bits per heavy atom. The number of benzene rings is 1. The molecule has 100 valence electrons. The Morgan fingerprint density at radius 2 is 2.11 bits per heavy atom. The van der Waals surface area contributed by atoms with Crippen LogP contribution in [0.5, 0.6) is 5.75 Å². The zero-order valence-corrected chi connectivity index (χ0v) is 11.2. The molecule has 0 spiro atoms. The number of hydrogen-bond donors (Lipinski definition) is 2. The van der Waals surface area contributed by atoms with E-state index in [1.807, 2.05) is 6.92 Å². The van der Waals surface area contributed by atoms with E-state index in [0.29, 0.717) is 18.2 Å². The van der Waals surface area contributed by atoms with Crippen molar-refractivity contribution in [1.82, 2.24) is 0 Å². The standard InChI is InChI=1S/C11H13Cl2NO4/c1-2-17-3-4-18-11(16)14-9-6-7(12)5-8(13)10(9)15/h5-6,15H,2-4H2,1H3,(H,14,16). The second-order valence-electron chi connectivity index (χ2n) is 3.24. The van der Waals surface area contributed by atoms with Gasteiger partial charge in [0, 0.05) is 11.6 Å². The molecule has 1 rings (SSSR count). The van der Waals surface area contributed by atoms with Gasteiger partial charge in [0.15, 0.2) is 5.75 Å². The molecule has 0 heterocycles. The van der Waals surface area contributed by atoms with Crippen LogP contribution in [0.2, 0.25) is 10.0 Å². The molecule has 0 aliphatic carbocycles. The first-order chi connectivity index (χ1) is 8.54. The number of phenolic OH excluding ortho intramolecular Hbond substituents is 1. The molecule has 2 N–H and O–H groups in total. The predicted molar refractivity (Wildman–Crippen MR) is 69.6 cm³/mol. The highest BCUT2D eigenvalue weighted by atomic mass is 35.5. The molecule has 7 heteroatoms. The first-order valence-electron chi connectivity index (χ1n) is 5.24. The van der Waals surface area contributed by atoms with Crippen LogP contribution in [0.25, 0.3) is 0 Å². The quantitative estimate of drug-likeness (QED) is 0.646. The van der Waals surface area contributed by atoms with E-state index in [4.69, 9.17) is 32.7 Å². The van der Waals surface area contributed by atoms with Crippen LogP contribution in [-0.2, 0) is 9.47 Å². The van der Waals surface area contributed by atoms with Crippen LogP contribution in [-0.4, -0.2) is 31.0 Å². The Kier molecular flexibility index (Phi) is 6.04. The predicted octanol–water partition coefficient (Wildman–Crippen LogP) is 3.28. The summed E-state index contributed by atoms with van der Waals surface area (Å²) >= 11 is 11.4. The van der Waals surface area contributed by atoms with Gasteiger partial charge in [0.1, 0.15) is 6.61 Å². The summed E-state index contributed by atoms with van der Waals surface area (Å²) in [6.07, 6.45) is -0.719. The van der Waals surface area contributed by atoms with E-state index in [-0.39, 0.29) is 23.1 Å². The molecule has 0 atom stereocenters. The van der Waals surface area contributed by atoms with E-state index >= 15 is 0 Å². The number of rotatable bonds is 5. The molecule has 0 saturated carbocycles. The molecular formula is C11H13Cl2NO4. The van der Waals surface area contributed by atoms with Gasteiger partial charge in [0.2, 0.25) is 0 Å². The lowest BCUT2D eigenvalue weighted by molar-refractivity contribution is 0.0849. The van der Waals surface area contributed by atoms with Crippen LogP contribution in [0, 0.1) is 0 Å². The lowest BCUT2D eigenvalue weighted by Crippen LogP contribution is -2.16. The summed E-state index contributed by atoms with van der Waals surface area (Å²) in [6, 6.07) is 2.73. The number of aromatic hydroxyl groups is 1. The van der Waals surface area contributed by atoms with E-state index in [2.05, 4.69) is 5.32 Å². The molecule has 0 aliphatic rings. The molecule has 0 radical (unpaired) electrons. The topological polar surface area (TPSA) is 67.8 Å². The summed E-state index contributed by atoms with van der Waals surface area (Å²) < 4.78 is 9.81. The number of halogens is 2. The average Bonchev–Trinajstić information content (AvgIpc) is 2.31. The van der Waals surface area contributed by atoms with E-state index in [1.54, 1.807) is 0 Å². The number of phenols is 1. The van der Waals surface area contributed by atoms with Crippen molar-refractivity contribution in [2.24, 2.45) is 0 Å². The number of amides is 1. The average molecular weight is 294 g/mol. The fourth-order valence-electron chi connectivity index (χ4n) is 1.14. The molecule has 0 aliphatic heterocycles. The van der Waals surface area contributed by atoms with Crippen LogP contribution in [0.3, 0.4) is 0 Å². The van der Waals surface area contributed by atoms with Crippen molar-refractivity contribution in [3.8, 4) is 5.75 Å². The van der Waals surface area contributed by atoms with Crippen molar-refractivity contribution in [2.45, 2.75) is 6.92 Å². The first kappa shape index (κ1) is 14.9. The van der Waals surface area contributed by atoms with Gasteiger partial charge in [-0.3, -0.25) is 5.32 Å². The smallest absolute Gasteiger partial charge is 0.411 e. The van der Waals surface area contributed by atoms with Gasteiger partial charge in [0.25, 0.3) is 0 Å². The number of nitrogens with one attached hydrogen (secondary N) is 1. The van der Waals surface area contributed by atoms with Gasteiger partial charge in [-0.05, 0) is 19.1 Å². The summed E-state index contributed by atoms with van der Waals surface area (Å²) in [5, 5.41) is 12.3. The van der Waals surface area contributed by atoms with E-state index in [0.717, 1.165) is 0 Å². The van der Waals surface area contributed by atoms with Crippen LogP contribution < -0.4 is 5.32 Å². The SMILES string of the molecule is CCOCCOC(=O)Nc1cc(Cl)cc(Cl)c1O. The lowest BCUT2D eigenvalue weighted by Gasteiger charge is -2.09. The summed E-state index contributed by atoms with van der Waals surface area (Å²) in [6.45, 7) is 2.82. The van der Waals surface area contributed by atoms with Crippen LogP contribution >= 0.6 is 23.2 Å². The van der Waals surface area contributed by atoms with Gasteiger partial charge in [0.05, 0.1) is 17.3 Å². The van der Waals surface area contributed by atoms with Gasteiger partial charge in [-0.15, -0.1) is 0 Å². The monoisotopic (exact) mass is 293 g/mol. The van der Waals surface area contributed by atoms with Crippen molar-refractivity contribution in [3.63, 3.8) is 0 Å². The number of hydrogen-bond acceptors (Lipinski definition) is 4. The number of carbonyl (C=O) groups excluding carboxylic acids is 1. The number of anilines is 1. The molecule has 0 saturated heterocycles. The maximum absolute atomic E-state index is 11.4. The Bertz CT molecular complexity index is 426. The highest BCUT2D eigenvalue weighted by Gasteiger charge is 2.11. The number of ether oxygens (including phenoxy) is 2. The van der Waals surface area contributed by atoms with Crippen LogP contribution in [0.4, 0.5) is 10.5 Å². The molecule has 1 aromatic carbocycles. The molecule has 0 bridgehead atoms. The highest BCUT2D eigenvalue weighted by Crippen LogP contribution is 2.34. The van der Waals surface area contributed by atoms with Gasteiger partial charge in [-0.2, -0.15) is 0 Å². The van der Waals surface area contributed by atoms with Gasteiger partial charge < -0.3 is 14.6 Å². The number of carbonyl (C=O) groups is 1. The van der Waals surface area contributed by atoms with Gasteiger partial charge in [-0.25, -0.2) is 4.79 Å². The Labute approximate surface area is 115 Å². The molecule has 0 aromatic heterocycles. The van der Waals surface area contributed by atoms with E-state index in [9.17, 15) is 9.90 Å². The third-order valence-corrected chi connectivity index (χ3v) is 2.44. The van der Waals surface area contributed by atoms with Gasteiger partial charge >= 0.3 is 6.09 Å². The summed E-state index contributed by atoms with van der Waals surface area (Å²) in [5.41, 5.74) is 0.0916. The van der Waals surface area contributed by atoms with Crippen LogP contribution in [0.1, 0.15) is 6.92 Å². The second kappa shape index (κ2) is 7.31. The van der Waals surface area contributed by atoms with Crippen molar-refractivity contribution in [1.29, 1.82) is 0 Å². The molecule has 18 heavy (non-hydrogen) atoms. The Balaban J connectivity index is 2.54.